The molecule has 1 N–H and O–H groups in total. The summed E-state index contributed by atoms with van der Waals surface area (Å²) in [6.07, 6.45) is 1.25. The molecule has 0 saturated carbocycles. The minimum atomic E-state index is -4.18. The third-order valence-electron chi connectivity index (χ3n) is 4.29. The third-order valence-corrected chi connectivity index (χ3v) is 6.80. The van der Waals surface area contributed by atoms with Gasteiger partial charge in [0.05, 0.1) is 4.47 Å². The van der Waals surface area contributed by atoms with Crippen molar-refractivity contribution in [2.45, 2.75) is 11.8 Å². The van der Waals surface area contributed by atoms with Crippen LogP contribution in [0.1, 0.15) is 11.1 Å². The smallest absolute Gasteiger partial charge is 0.339 e. The Bertz CT molecular complexity index is 1400. The van der Waals surface area contributed by atoms with Crippen molar-refractivity contribution in [1.29, 1.82) is 5.26 Å². The topological polar surface area (TPSA) is 96.3 Å². The van der Waals surface area contributed by atoms with E-state index in [9.17, 15) is 18.5 Å². The van der Waals surface area contributed by atoms with Crippen LogP contribution in [0.4, 0.5) is 5.69 Å². The maximum Gasteiger partial charge on any atom is 0.339 e. The maximum absolute atomic E-state index is 12.8. The van der Waals surface area contributed by atoms with Crippen LogP contribution in [0.15, 0.2) is 80.1 Å². The van der Waals surface area contributed by atoms with Crippen LogP contribution in [0.3, 0.4) is 0 Å². The molecule has 3 rings (SSSR count). The first-order valence-electron chi connectivity index (χ1n) is 9.28. The summed E-state index contributed by atoms with van der Waals surface area (Å²) in [5.41, 5.74) is 1.23. The average molecular weight is 611 g/mol. The van der Waals surface area contributed by atoms with Gasteiger partial charge in [0.2, 0.25) is 0 Å². The van der Waals surface area contributed by atoms with Gasteiger partial charge in [-0.1, -0.05) is 51.3 Å². The molecule has 0 fully saturated rings. The fraction of sp³-hybridized carbons (Fsp3) is 0.0435. The van der Waals surface area contributed by atoms with Crippen molar-refractivity contribution in [3.05, 3.63) is 91.3 Å². The van der Waals surface area contributed by atoms with Gasteiger partial charge >= 0.3 is 10.1 Å². The van der Waals surface area contributed by atoms with Gasteiger partial charge in [-0.2, -0.15) is 13.7 Å². The van der Waals surface area contributed by atoms with E-state index in [-0.39, 0.29) is 21.8 Å². The summed E-state index contributed by atoms with van der Waals surface area (Å²) in [5, 5.41) is 12.6. The second kappa shape index (κ2) is 10.5. The molecular formula is C23H15Br2ClN2O4S. The first-order chi connectivity index (χ1) is 15.6. The second-order valence-corrected chi connectivity index (χ2v) is 10.5. The third kappa shape index (κ3) is 6.45. The lowest BCUT2D eigenvalue weighted by Crippen LogP contribution is -2.14. The fourth-order valence-corrected chi connectivity index (χ4v) is 5.31. The first kappa shape index (κ1) is 25.0. The molecule has 0 bridgehead atoms. The quantitative estimate of drug-likeness (QED) is 0.196. The molecular weight excluding hydrogens is 596 g/mol. The molecule has 0 spiro atoms. The number of nitriles is 1. The zero-order chi connectivity index (χ0) is 24.2. The number of carbonyl (C=O) groups excluding carboxylic acids is 1. The van der Waals surface area contributed by atoms with E-state index in [2.05, 4.69) is 37.2 Å². The molecule has 0 aliphatic carbocycles. The molecule has 0 unspecified atom stereocenters. The van der Waals surface area contributed by atoms with E-state index >= 15 is 0 Å². The van der Waals surface area contributed by atoms with Crippen molar-refractivity contribution in [2.24, 2.45) is 0 Å². The molecule has 0 radical (unpaired) electrons. The molecule has 0 heterocycles. The summed E-state index contributed by atoms with van der Waals surface area (Å²) >= 11 is 12.6. The Morgan fingerprint density at radius 1 is 1.12 bits per heavy atom. The Labute approximate surface area is 213 Å². The van der Waals surface area contributed by atoms with Crippen LogP contribution in [0.2, 0.25) is 5.02 Å². The Kier molecular flexibility index (Phi) is 7.97. The van der Waals surface area contributed by atoms with Crippen LogP contribution in [0, 0.1) is 18.3 Å². The van der Waals surface area contributed by atoms with Gasteiger partial charge in [-0.25, -0.2) is 0 Å². The van der Waals surface area contributed by atoms with Crippen LogP contribution in [-0.2, 0) is 14.9 Å². The van der Waals surface area contributed by atoms with E-state index in [4.69, 9.17) is 15.8 Å². The monoisotopic (exact) mass is 608 g/mol. The molecule has 33 heavy (non-hydrogen) atoms. The Morgan fingerprint density at radius 3 is 2.45 bits per heavy atom. The largest absolute Gasteiger partial charge is 0.377 e. The predicted molar refractivity (Wildman–Crippen MR) is 135 cm³/mol. The molecule has 0 atom stereocenters. The van der Waals surface area contributed by atoms with Crippen molar-refractivity contribution in [2.75, 3.05) is 5.32 Å². The number of nitrogens with zero attached hydrogens (tertiary/aromatic N) is 1. The van der Waals surface area contributed by atoms with Gasteiger partial charge < -0.3 is 9.50 Å². The predicted octanol–water partition coefficient (Wildman–Crippen LogP) is 6.49. The average Bonchev–Trinajstić information content (AvgIpc) is 2.74. The van der Waals surface area contributed by atoms with Crippen molar-refractivity contribution in [3.63, 3.8) is 0 Å². The highest BCUT2D eigenvalue weighted by Gasteiger charge is 2.22. The second-order valence-electron chi connectivity index (χ2n) is 6.79. The normalized spacial score (nSPS) is 11.5. The van der Waals surface area contributed by atoms with E-state index in [0.29, 0.717) is 19.7 Å². The molecule has 3 aromatic rings. The summed E-state index contributed by atoms with van der Waals surface area (Å²) in [5.74, 6) is -0.759. The highest BCUT2D eigenvalue weighted by molar-refractivity contribution is 9.11. The summed E-state index contributed by atoms with van der Waals surface area (Å²) < 4.78 is 32.0. The Balaban J connectivity index is 2.00. The molecule has 3 aromatic carbocycles. The summed E-state index contributed by atoms with van der Waals surface area (Å²) in [6.45, 7) is 1.84. The van der Waals surface area contributed by atoms with Crippen molar-refractivity contribution in [1.82, 2.24) is 0 Å². The molecule has 6 nitrogen and oxygen atoms in total. The van der Waals surface area contributed by atoms with Gasteiger partial charge in [0, 0.05) is 20.7 Å². The van der Waals surface area contributed by atoms with E-state index in [1.807, 2.05) is 13.0 Å². The Morgan fingerprint density at radius 2 is 1.82 bits per heavy atom. The number of nitrogens with one attached hydrogen (secondary N) is 1. The van der Waals surface area contributed by atoms with Gasteiger partial charge in [-0.05, 0) is 71.4 Å². The van der Waals surface area contributed by atoms with Crippen LogP contribution in [0.5, 0.6) is 5.75 Å². The van der Waals surface area contributed by atoms with Gasteiger partial charge in [-0.3, -0.25) is 4.79 Å². The van der Waals surface area contributed by atoms with Crippen LogP contribution < -0.4 is 9.50 Å². The lowest BCUT2D eigenvalue weighted by molar-refractivity contribution is -0.112. The number of benzene rings is 3. The number of halogens is 3. The molecule has 1 amide bonds. The summed E-state index contributed by atoms with van der Waals surface area (Å²) in [4.78, 5) is 12.6. The number of aryl methyl sites for hydroxylation is 1. The lowest BCUT2D eigenvalue weighted by atomic mass is 10.1. The number of amides is 1. The summed E-state index contributed by atoms with van der Waals surface area (Å²) in [6, 6.07) is 17.6. The highest BCUT2D eigenvalue weighted by Crippen LogP contribution is 2.36. The molecule has 168 valence electrons. The zero-order valence-electron chi connectivity index (χ0n) is 17.0. The Hall–Kier alpha value is -2.64. The van der Waals surface area contributed by atoms with Crippen LogP contribution >= 0.6 is 43.5 Å². The molecule has 0 aliphatic heterocycles. The highest BCUT2D eigenvalue weighted by atomic mass is 79.9. The lowest BCUT2D eigenvalue weighted by Gasteiger charge is -2.13. The number of hydrogen-bond acceptors (Lipinski definition) is 5. The minimum absolute atomic E-state index is 0.0305. The van der Waals surface area contributed by atoms with Crippen molar-refractivity contribution >= 4 is 71.2 Å². The number of anilines is 1. The number of rotatable bonds is 6. The van der Waals surface area contributed by atoms with Gasteiger partial charge in [-0.15, -0.1) is 0 Å². The van der Waals surface area contributed by atoms with Gasteiger partial charge in [0.1, 0.15) is 16.5 Å². The molecule has 0 aromatic heterocycles. The number of hydrogen-bond donors (Lipinski definition) is 1. The minimum Gasteiger partial charge on any atom is -0.377 e. The van der Waals surface area contributed by atoms with E-state index in [1.165, 1.54) is 30.3 Å². The van der Waals surface area contributed by atoms with Crippen LogP contribution in [-0.4, -0.2) is 14.3 Å². The van der Waals surface area contributed by atoms with Crippen molar-refractivity contribution < 1.29 is 17.4 Å². The van der Waals surface area contributed by atoms with Crippen molar-refractivity contribution in [3.8, 4) is 11.8 Å². The molecule has 0 saturated heterocycles. The first-order valence-corrected chi connectivity index (χ1v) is 12.6. The zero-order valence-corrected chi connectivity index (χ0v) is 21.7. The molecule has 10 heteroatoms. The van der Waals surface area contributed by atoms with Crippen LogP contribution in [0.25, 0.3) is 6.08 Å². The molecule has 0 aliphatic rings. The standard InChI is InChI=1S/C23H15Br2ClN2O4S/c1-14-5-7-20(8-6-14)33(30,31)32-22-15(10-17(24)11-21(22)25)9-16(13-27)23(29)28-19-4-2-3-18(26)12-19/h2-12H,1H3,(H,28,29)/b16-9+. The SMILES string of the molecule is Cc1ccc(S(=O)(=O)Oc2c(Br)cc(Br)cc2/C=C(\C#N)C(=O)Nc2cccc(Cl)c2)cc1. The fourth-order valence-electron chi connectivity index (χ4n) is 2.71. The van der Waals surface area contributed by atoms with E-state index in [0.717, 1.165) is 5.56 Å². The van der Waals surface area contributed by atoms with Gasteiger partial charge in [0.25, 0.3) is 5.91 Å². The van der Waals surface area contributed by atoms with E-state index in [1.54, 1.807) is 36.4 Å². The summed E-state index contributed by atoms with van der Waals surface area (Å²) in [7, 11) is -4.18. The number of carbonyl (C=O) groups is 1. The maximum atomic E-state index is 12.8. The van der Waals surface area contributed by atoms with Gasteiger partial charge in [0.15, 0.2) is 5.75 Å². The van der Waals surface area contributed by atoms with E-state index < -0.39 is 16.0 Å².